The lowest BCUT2D eigenvalue weighted by Gasteiger charge is -2.28. The van der Waals surface area contributed by atoms with Gasteiger partial charge >= 0.3 is 0 Å². The number of rotatable bonds is 20. The van der Waals surface area contributed by atoms with Crippen molar-refractivity contribution in [3.05, 3.63) is 88.4 Å². The predicted octanol–water partition coefficient (Wildman–Crippen LogP) is 4.34. The smallest absolute Gasteiger partial charge is 0.263 e. The van der Waals surface area contributed by atoms with Crippen molar-refractivity contribution in [1.82, 2.24) is 21.0 Å². The topological polar surface area (TPSA) is 155 Å². The van der Waals surface area contributed by atoms with E-state index in [1.165, 1.54) is 5.01 Å². The van der Waals surface area contributed by atoms with Crippen LogP contribution in [0.1, 0.15) is 48.8 Å². The number of unbranched alkanes of at least 4 members (excludes halogenated alkanes) is 1. The molecule has 0 spiro atoms. The Labute approximate surface area is 281 Å². The van der Waals surface area contributed by atoms with Crippen molar-refractivity contribution >= 4 is 47.3 Å². The maximum absolute atomic E-state index is 13.7. The van der Waals surface area contributed by atoms with Crippen molar-refractivity contribution in [3.8, 4) is 0 Å². The zero-order chi connectivity index (χ0) is 33.3. The van der Waals surface area contributed by atoms with Crippen LogP contribution in [0.15, 0.2) is 76.5 Å². The third-order valence-corrected chi connectivity index (χ3v) is 8.94. The summed E-state index contributed by atoms with van der Waals surface area (Å²) in [6.07, 6.45) is 3.71. The van der Waals surface area contributed by atoms with Crippen molar-refractivity contribution in [2.75, 3.05) is 25.6 Å². The van der Waals surface area contributed by atoms with E-state index in [0.717, 1.165) is 32.9 Å². The first-order chi connectivity index (χ1) is 22.3. The Hall–Kier alpha value is -3.61. The normalized spacial score (nSPS) is 12.2. The van der Waals surface area contributed by atoms with Gasteiger partial charge in [0.15, 0.2) is 0 Å². The Kier molecular flexibility index (Phi) is 15.9. The number of aryl methyl sites for hydroxylation is 1. The quantitative estimate of drug-likeness (QED) is 0.0591. The number of nitrogens with two attached hydrogens (primary N) is 2. The van der Waals surface area contributed by atoms with E-state index in [1.807, 2.05) is 61.5 Å². The average molecular weight is 668 g/mol. The van der Waals surface area contributed by atoms with E-state index < -0.39 is 12.1 Å². The molecule has 0 saturated heterocycles. The molecule has 248 valence electrons. The number of amides is 3. The molecule has 3 rings (SSSR count). The molecule has 10 nitrogen and oxygen atoms in total. The zero-order valence-electron chi connectivity index (χ0n) is 26.6. The Balaban J connectivity index is 1.74. The monoisotopic (exact) mass is 667 g/mol. The fourth-order valence-corrected chi connectivity index (χ4v) is 6.10. The molecule has 3 aromatic rings. The molecule has 0 aliphatic carbocycles. The second-order valence-electron chi connectivity index (χ2n) is 11.0. The van der Waals surface area contributed by atoms with E-state index in [9.17, 15) is 14.4 Å². The van der Waals surface area contributed by atoms with Gasteiger partial charge in [-0.25, -0.2) is 0 Å². The highest BCUT2D eigenvalue weighted by molar-refractivity contribution is 7.99. The highest BCUT2D eigenvalue weighted by Gasteiger charge is 2.27. The summed E-state index contributed by atoms with van der Waals surface area (Å²) in [6.45, 7) is 3.73. The van der Waals surface area contributed by atoms with Crippen LogP contribution in [0.25, 0.3) is 0 Å². The molecule has 8 N–H and O–H groups in total. The van der Waals surface area contributed by atoms with Crippen molar-refractivity contribution in [2.45, 2.75) is 74.0 Å². The Bertz CT molecular complexity index is 1430. The lowest BCUT2D eigenvalue weighted by molar-refractivity contribution is -0.135. The molecule has 2 atom stereocenters. The van der Waals surface area contributed by atoms with Gasteiger partial charge in [-0.1, -0.05) is 65.8 Å². The molecule has 3 amide bonds. The van der Waals surface area contributed by atoms with Crippen LogP contribution in [0.2, 0.25) is 5.02 Å². The number of hydrogen-bond donors (Lipinski definition) is 6. The third-order valence-electron chi connectivity index (χ3n) is 7.47. The number of anilines is 1. The Morgan fingerprint density at radius 2 is 1.52 bits per heavy atom. The van der Waals surface area contributed by atoms with Gasteiger partial charge in [0.05, 0.1) is 11.7 Å². The van der Waals surface area contributed by atoms with Crippen LogP contribution in [0, 0.1) is 6.92 Å². The molecule has 0 aromatic heterocycles. The molecule has 46 heavy (non-hydrogen) atoms. The minimum Gasteiger partial charge on any atom is -0.355 e. The maximum Gasteiger partial charge on any atom is 0.263 e. The summed E-state index contributed by atoms with van der Waals surface area (Å²) in [5.74, 6) is -0.533. The van der Waals surface area contributed by atoms with Gasteiger partial charge in [-0.2, -0.15) is 0 Å². The minimum atomic E-state index is -0.752. The number of carbonyl (C=O) groups is 3. The first kappa shape index (κ1) is 36.9. The molecular formula is C34H46ClN7O3S. The van der Waals surface area contributed by atoms with Gasteiger partial charge in [0.25, 0.3) is 5.91 Å². The zero-order valence-corrected chi connectivity index (χ0v) is 28.1. The first-order valence-electron chi connectivity index (χ1n) is 15.5. The summed E-state index contributed by atoms with van der Waals surface area (Å²) in [6, 6.07) is 20.0. The van der Waals surface area contributed by atoms with E-state index in [2.05, 4.69) is 21.4 Å². The van der Waals surface area contributed by atoms with Crippen molar-refractivity contribution < 1.29 is 14.4 Å². The minimum absolute atomic E-state index is 0.262. The summed E-state index contributed by atoms with van der Waals surface area (Å²) < 4.78 is 0. The van der Waals surface area contributed by atoms with Gasteiger partial charge in [0.2, 0.25) is 12.3 Å². The van der Waals surface area contributed by atoms with Crippen LogP contribution in [0.4, 0.5) is 5.69 Å². The molecule has 0 unspecified atom stereocenters. The van der Waals surface area contributed by atoms with E-state index in [0.29, 0.717) is 69.0 Å². The summed E-state index contributed by atoms with van der Waals surface area (Å²) in [5.41, 5.74) is 18.3. The number of likely N-dealkylation sites (N-methyl/N-ethyl adjacent to an activating group) is 1. The molecular weight excluding hydrogens is 622 g/mol. The average Bonchev–Trinajstić information content (AvgIpc) is 3.05. The molecule has 0 bridgehead atoms. The van der Waals surface area contributed by atoms with E-state index >= 15 is 0 Å². The second kappa shape index (κ2) is 19.8. The SMILES string of the molecule is Cc1ccc(Cl)cc1NN(C)C(=O)[C@H](CCCCN)NC(=O)[C@H](CCCN)NCc1ccccc1Sc1ccccc1CNC=O. The van der Waals surface area contributed by atoms with Crippen LogP contribution in [0.5, 0.6) is 0 Å². The number of nitrogens with zero attached hydrogens (tertiary/aromatic N) is 1. The summed E-state index contributed by atoms with van der Waals surface area (Å²) in [5, 5.41) is 11.1. The molecule has 12 heteroatoms. The van der Waals surface area contributed by atoms with Crippen LogP contribution >= 0.6 is 23.4 Å². The van der Waals surface area contributed by atoms with E-state index in [4.69, 9.17) is 23.1 Å². The third kappa shape index (κ3) is 11.6. The number of carbonyl (C=O) groups excluding carboxylic acids is 3. The van der Waals surface area contributed by atoms with Crippen molar-refractivity contribution in [1.29, 1.82) is 0 Å². The Morgan fingerprint density at radius 3 is 2.17 bits per heavy atom. The Morgan fingerprint density at radius 1 is 0.891 bits per heavy atom. The van der Waals surface area contributed by atoms with Gasteiger partial charge in [-0.15, -0.1) is 0 Å². The summed E-state index contributed by atoms with van der Waals surface area (Å²) >= 11 is 7.79. The number of benzene rings is 3. The standard InChI is InChI=1S/C34H46ClN7O3S/c1-24-16-17-27(35)20-30(24)41-42(2)34(45)29(12-7-8-18-36)40-33(44)28(13-9-19-37)39-22-26-11-4-6-15-32(26)46-31-14-5-3-10-25(31)21-38-23-43/h3-6,10-11,14-17,20,23,28-29,39,41H,7-9,12-13,18-19,21-22,36-37H2,1-2H3,(H,38,43)(H,40,44)/t28-,29-/m0/s1. The molecule has 3 aromatic carbocycles. The molecule has 0 aliphatic heterocycles. The number of nitrogens with one attached hydrogen (secondary N) is 4. The van der Waals surface area contributed by atoms with Crippen molar-refractivity contribution in [2.24, 2.45) is 11.5 Å². The van der Waals surface area contributed by atoms with Gasteiger partial charge in [-0.3, -0.25) is 24.8 Å². The number of halogens is 1. The fraction of sp³-hybridized carbons (Fsp3) is 0.382. The lowest BCUT2D eigenvalue weighted by Crippen LogP contribution is -2.53. The highest BCUT2D eigenvalue weighted by Crippen LogP contribution is 2.33. The number of hydrogen-bond acceptors (Lipinski definition) is 8. The fourth-order valence-electron chi connectivity index (χ4n) is 4.86. The van der Waals surface area contributed by atoms with Crippen molar-refractivity contribution in [3.63, 3.8) is 0 Å². The highest BCUT2D eigenvalue weighted by atomic mass is 35.5. The van der Waals surface area contributed by atoms with E-state index in [1.54, 1.807) is 30.9 Å². The van der Waals surface area contributed by atoms with E-state index in [-0.39, 0.29) is 11.8 Å². The van der Waals surface area contributed by atoms with Gasteiger partial charge in [0, 0.05) is 35.0 Å². The molecule has 0 saturated carbocycles. The molecule has 0 radical (unpaired) electrons. The van der Waals surface area contributed by atoms with Crippen LogP contribution in [0.3, 0.4) is 0 Å². The summed E-state index contributed by atoms with van der Waals surface area (Å²) in [4.78, 5) is 40.3. The van der Waals surface area contributed by atoms with Crippen LogP contribution in [-0.2, 0) is 27.5 Å². The molecule has 0 aliphatic rings. The molecule has 0 fully saturated rings. The predicted molar refractivity (Wildman–Crippen MR) is 186 cm³/mol. The van der Waals surface area contributed by atoms with Gasteiger partial charge < -0.3 is 27.4 Å². The number of hydrazine groups is 1. The second-order valence-corrected chi connectivity index (χ2v) is 12.5. The lowest BCUT2D eigenvalue weighted by atomic mass is 10.1. The first-order valence-corrected chi connectivity index (χ1v) is 16.7. The van der Waals surface area contributed by atoms with Crippen LogP contribution < -0.4 is 32.8 Å². The maximum atomic E-state index is 13.7. The summed E-state index contributed by atoms with van der Waals surface area (Å²) in [7, 11) is 1.64. The van der Waals surface area contributed by atoms with Gasteiger partial charge in [0.1, 0.15) is 6.04 Å². The van der Waals surface area contributed by atoms with Crippen LogP contribution in [-0.4, -0.2) is 55.5 Å². The van der Waals surface area contributed by atoms with Gasteiger partial charge in [-0.05, 0) is 93.1 Å². The molecule has 0 heterocycles. The largest absolute Gasteiger partial charge is 0.355 e.